The van der Waals surface area contributed by atoms with Crippen molar-refractivity contribution in [1.29, 1.82) is 0 Å². The number of ether oxygens (including phenoxy) is 1. The number of benzene rings is 1. The Bertz CT molecular complexity index is 1390. The smallest absolute Gasteiger partial charge is 0.270 e. The van der Waals surface area contributed by atoms with Crippen LogP contribution in [0.2, 0.25) is 0 Å². The number of aryl methyl sites for hydroxylation is 1. The lowest BCUT2D eigenvalue weighted by Crippen LogP contribution is -2.41. The molecule has 0 radical (unpaired) electrons. The van der Waals surface area contributed by atoms with Crippen molar-refractivity contribution >= 4 is 51.8 Å². The van der Waals surface area contributed by atoms with Crippen molar-refractivity contribution in [2.24, 2.45) is 12.8 Å². The Morgan fingerprint density at radius 1 is 1.19 bits per heavy atom. The van der Waals surface area contributed by atoms with E-state index in [1.807, 2.05) is 18.2 Å². The number of hydrogen-bond donors (Lipinski definition) is 3. The molecule has 2 aliphatic rings. The van der Waals surface area contributed by atoms with Crippen molar-refractivity contribution < 1.29 is 23.9 Å². The third-order valence-electron chi connectivity index (χ3n) is 6.60. The number of hydrogen-bond acceptors (Lipinski definition) is 9. The van der Waals surface area contributed by atoms with Gasteiger partial charge in [-0.2, -0.15) is 9.47 Å². The minimum absolute atomic E-state index is 0.0191. The second-order valence-corrected chi connectivity index (χ2v) is 9.69. The third kappa shape index (κ3) is 4.15. The summed E-state index contributed by atoms with van der Waals surface area (Å²) in [7, 11) is 1.80. The van der Waals surface area contributed by atoms with Crippen molar-refractivity contribution in [3.63, 3.8) is 0 Å². The Labute approximate surface area is 209 Å². The van der Waals surface area contributed by atoms with Crippen molar-refractivity contribution in [2.75, 3.05) is 18.8 Å². The number of carbonyl (C=O) groups excluding carboxylic acids is 4. The zero-order valence-electron chi connectivity index (χ0n) is 19.5. The van der Waals surface area contributed by atoms with E-state index in [1.165, 1.54) is 0 Å². The average molecular weight is 512 g/mol. The molecule has 5 rings (SSSR count). The molecule has 1 atom stereocenters. The monoisotopic (exact) mass is 511 g/mol. The van der Waals surface area contributed by atoms with Gasteiger partial charge in [0.2, 0.25) is 11.8 Å². The maximum Gasteiger partial charge on any atom is 0.270 e. The zero-order valence-corrected chi connectivity index (χ0v) is 20.3. The number of anilines is 1. The van der Waals surface area contributed by atoms with Crippen molar-refractivity contribution in [1.82, 2.24) is 24.4 Å². The summed E-state index contributed by atoms with van der Waals surface area (Å²) in [4.78, 5) is 50.2. The average Bonchev–Trinajstić information content (AvgIpc) is 3.40. The number of amides is 4. The fourth-order valence-electron chi connectivity index (χ4n) is 4.76. The highest BCUT2D eigenvalue weighted by molar-refractivity contribution is 7.09. The molecule has 13 heteroatoms. The van der Waals surface area contributed by atoms with Gasteiger partial charge in [-0.1, -0.05) is 12.1 Å². The first-order valence-electron chi connectivity index (χ1n) is 11.5. The zero-order chi connectivity index (χ0) is 25.6. The van der Waals surface area contributed by atoms with E-state index < -0.39 is 11.8 Å². The SMILES string of the molecule is Cn1nc(C2CCC(=O)NC2=O)c2cccc(OC3CCN(C(=O)c4snc(C(N)=O)c4N)CC3)c21. The molecule has 36 heavy (non-hydrogen) atoms. The second-order valence-electron chi connectivity index (χ2n) is 8.91. The number of rotatable bonds is 5. The fourth-order valence-corrected chi connectivity index (χ4v) is 5.54. The molecule has 1 aromatic carbocycles. The molecule has 0 aliphatic carbocycles. The lowest BCUT2D eigenvalue weighted by Gasteiger charge is -2.32. The van der Waals surface area contributed by atoms with Gasteiger partial charge in [-0.05, 0) is 24.0 Å². The second kappa shape index (κ2) is 9.22. The Hall–Kier alpha value is -4.00. The van der Waals surface area contributed by atoms with Crippen LogP contribution in [0.4, 0.5) is 5.69 Å². The van der Waals surface area contributed by atoms with Gasteiger partial charge in [-0.3, -0.25) is 29.2 Å². The Kier molecular flexibility index (Phi) is 6.08. The quantitative estimate of drug-likeness (QED) is 0.424. The van der Waals surface area contributed by atoms with Gasteiger partial charge in [0.05, 0.1) is 17.3 Å². The molecule has 5 N–H and O–H groups in total. The number of nitrogen functional groups attached to an aromatic ring is 1. The summed E-state index contributed by atoms with van der Waals surface area (Å²) in [5.41, 5.74) is 12.5. The first kappa shape index (κ1) is 23.7. The molecule has 1 unspecified atom stereocenters. The Balaban J connectivity index is 1.29. The summed E-state index contributed by atoms with van der Waals surface area (Å²) < 4.78 is 11.9. The summed E-state index contributed by atoms with van der Waals surface area (Å²) >= 11 is 0.872. The third-order valence-corrected chi connectivity index (χ3v) is 7.45. The molecule has 4 amide bonds. The topological polar surface area (TPSA) is 176 Å². The van der Waals surface area contributed by atoms with Crippen LogP contribution in [0.1, 0.15) is 57.5 Å². The van der Waals surface area contributed by atoms with Gasteiger partial charge >= 0.3 is 0 Å². The maximum absolute atomic E-state index is 12.9. The van der Waals surface area contributed by atoms with Crippen LogP contribution < -0.4 is 21.5 Å². The Morgan fingerprint density at radius 2 is 1.94 bits per heavy atom. The van der Waals surface area contributed by atoms with Crippen LogP contribution >= 0.6 is 11.5 Å². The number of primary amides is 1. The standard InChI is InChI=1S/C23H25N7O5S/c1-29-19-12(17(27-29)13-5-6-15(31)26-22(13)33)3-2-4-14(19)35-11-7-9-30(10-8-11)23(34)20-16(24)18(21(25)32)28-36-20/h2-4,11,13H,5-10,24H2,1H3,(H2,25,32)(H,26,31,33). The van der Waals surface area contributed by atoms with Crippen molar-refractivity contribution in [2.45, 2.75) is 37.7 Å². The molecule has 2 saturated heterocycles. The molecule has 0 saturated carbocycles. The lowest BCUT2D eigenvalue weighted by atomic mass is 9.93. The summed E-state index contributed by atoms with van der Waals surface area (Å²) in [5, 5.41) is 7.80. The molecule has 2 aromatic heterocycles. The van der Waals surface area contributed by atoms with E-state index in [4.69, 9.17) is 16.2 Å². The lowest BCUT2D eigenvalue weighted by molar-refractivity contribution is -0.134. The highest BCUT2D eigenvalue weighted by Crippen LogP contribution is 2.35. The fraction of sp³-hybridized carbons (Fsp3) is 0.391. The minimum atomic E-state index is -0.764. The van der Waals surface area contributed by atoms with E-state index >= 15 is 0 Å². The molecular weight excluding hydrogens is 486 g/mol. The minimum Gasteiger partial charge on any atom is -0.488 e. The van der Waals surface area contributed by atoms with E-state index in [1.54, 1.807) is 16.6 Å². The molecule has 0 bridgehead atoms. The van der Waals surface area contributed by atoms with Crippen LogP contribution in [0, 0.1) is 0 Å². The predicted molar refractivity (Wildman–Crippen MR) is 130 cm³/mol. The predicted octanol–water partition coefficient (Wildman–Crippen LogP) is 0.915. The van der Waals surface area contributed by atoms with Gasteiger partial charge in [0.15, 0.2) is 5.69 Å². The molecule has 2 aliphatic heterocycles. The number of piperidine rings is 2. The van der Waals surface area contributed by atoms with Gasteiger partial charge in [0.25, 0.3) is 11.8 Å². The summed E-state index contributed by atoms with van der Waals surface area (Å²) in [6.45, 7) is 0.908. The molecule has 12 nitrogen and oxygen atoms in total. The van der Waals surface area contributed by atoms with Gasteiger partial charge in [-0.25, -0.2) is 0 Å². The highest BCUT2D eigenvalue weighted by atomic mass is 32.1. The molecular formula is C23H25N7O5S. The largest absolute Gasteiger partial charge is 0.488 e. The van der Waals surface area contributed by atoms with Crippen LogP contribution in [0.3, 0.4) is 0 Å². The van der Waals surface area contributed by atoms with Crippen molar-refractivity contribution in [3.05, 3.63) is 34.5 Å². The van der Waals surface area contributed by atoms with Crippen molar-refractivity contribution in [3.8, 4) is 5.75 Å². The van der Waals surface area contributed by atoms with E-state index in [0.717, 1.165) is 22.4 Å². The van der Waals surface area contributed by atoms with Crippen LogP contribution in [-0.4, -0.2) is 61.9 Å². The van der Waals surface area contributed by atoms with Gasteiger partial charge in [0.1, 0.15) is 22.2 Å². The summed E-state index contributed by atoms with van der Waals surface area (Å²) in [5.74, 6) is -1.50. The number of aromatic nitrogens is 3. The van der Waals surface area contributed by atoms with Crippen LogP contribution in [0.25, 0.3) is 10.9 Å². The molecule has 3 aromatic rings. The van der Waals surface area contributed by atoms with E-state index in [0.29, 0.717) is 43.8 Å². The number of fused-ring (bicyclic) bond motifs is 1. The number of nitrogens with two attached hydrogens (primary N) is 2. The van der Waals surface area contributed by atoms with E-state index in [9.17, 15) is 19.2 Å². The maximum atomic E-state index is 12.9. The number of likely N-dealkylation sites (tertiary alicyclic amines) is 1. The first-order chi connectivity index (χ1) is 17.2. The number of carbonyl (C=O) groups is 4. The van der Waals surface area contributed by atoms with E-state index in [-0.39, 0.29) is 46.5 Å². The van der Waals surface area contributed by atoms with Gasteiger partial charge in [0, 0.05) is 44.8 Å². The van der Waals surface area contributed by atoms with Gasteiger partial charge < -0.3 is 21.1 Å². The molecule has 4 heterocycles. The Morgan fingerprint density at radius 3 is 2.61 bits per heavy atom. The highest BCUT2D eigenvalue weighted by Gasteiger charge is 2.33. The van der Waals surface area contributed by atoms with Crippen LogP contribution in [0.15, 0.2) is 18.2 Å². The molecule has 188 valence electrons. The van der Waals surface area contributed by atoms with Crippen LogP contribution in [0.5, 0.6) is 5.75 Å². The number of nitrogens with zero attached hydrogens (tertiary/aromatic N) is 4. The molecule has 2 fully saturated rings. The van der Waals surface area contributed by atoms with E-state index in [2.05, 4.69) is 14.8 Å². The van der Waals surface area contributed by atoms with Gasteiger partial charge in [-0.15, -0.1) is 0 Å². The number of imide groups is 1. The summed E-state index contributed by atoms with van der Waals surface area (Å²) in [6.07, 6.45) is 1.76. The number of para-hydroxylation sites is 1. The van der Waals surface area contributed by atoms with Crippen LogP contribution in [-0.2, 0) is 16.6 Å². The first-order valence-corrected chi connectivity index (χ1v) is 12.3. The number of nitrogens with one attached hydrogen (secondary N) is 1. The molecule has 0 spiro atoms. The normalized spacial score (nSPS) is 18.9. The summed E-state index contributed by atoms with van der Waals surface area (Å²) in [6, 6.07) is 5.62.